The molecular weight excluding hydrogens is 278 g/mol. The Hall–Kier alpha value is -0.390. The van der Waals surface area contributed by atoms with Crippen LogP contribution < -0.4 is 0 Å². The molecule has 3 nitrogen and oxygen atoms in total. The van der Waals surface area contributed by atoms with Gasteiger partial charge in [0.05, 0.1) is 3.79 Å². The first kappa shape index (κ1) is 11.1. The zero-order chi connectivity index (χ0) is 11.0. The van der Waals surface area contributed by atoms with E-state index in [4.69, 9.17) is 0 Å². The molecule has 1 aliphatic carbocycles. The molecule has 82 valence electrons. The van der Waals surface area contributed by atoms with E-state index < -0.39 is 12.0 Å². The Morgan fingerprint density at radius 2 is 2.33 bits per heavy atom. The van der Waals surface area contributed by atoms with Crippen molar-refractivity contribution < 1.29 is 9.90 Å². The highest BCUT2D eigenvalue weighted by Gasteiger charge is 2.36. The summed E-state index contributed by atoms with van der Waals surface area (Å²) in [5.41, 5.74) is 0. The third-order valence-electron chi connectivity index (χ3n) is 2.63. The largest absolute Gasteiger partial charge is 0.480 e. The number of aliphatic carboxylic acids is 1. The van der Waals surface area contributed by atoms with Gasteiger partial charge in [0.15, 0.2) is 0 Å². The van der Waals surface area contributed by atoms with Crippen LogP contribution >= 0.6 is 27.3 Å². The van der Waals surface area contributed by atoms with E-state index in [1.165, 1.54) is 11.3 Å². The highest BCUT2D eigenvalue weighted by molar-refractivity contribution is 9.11. The summed E-state index contributed by atoms with van der Waals surface area (Å²) in [6.07, 6.45) is 2.24. The van der Waals surface area contributed by atoms with Gasteiger partial charge in [-0.05, 0) is 48.0 Å². The van der Waals surface area contributed by atoms with Gasteiger partial charge >= 0.3 is 5.97 Å². The third-order valence-corrected chi connectivity index (χ3v) is 4.30. The number of nitrogens with zero attached hydrogens (tertiary/aromatic N) is 1. The zero-order valence-corrected chi connectivity index (χ0v) is 10.7. The molecule has 0 aliphatic heterocycles. The van der Waals surface area contributed by atoms with Crippen LogP contribution in [0.1, 0.15) is 23.8 Å². The average molecular weight is 290 g/mol. The number of carbonyl (C=O) groups is 1. The van der Waals surface area contributed by atoms with Crippen LogP contribution in [0.4, 0.5) is 0 Å². The molecule has 0 spiro atoms. The zero-order valence-electron chi connectivity index (χ0n) is 8.31. The smallest absolute Gasteiger partial charge is 0.326 e. The van der Waals surface area contributed by atoms with Gasteiger partial charge in [0.2, 0.25) is 0 Å². The van der Waals surface area contributed by atoms with Gasteiger partial charge < -0.3 is 5.11 Å². The lowest BCUT2D eigenvalue weighted by atomic mass is 10.2. The number of hydrogen-bond acceptors (Lipinski definition) is 3. The SMILES string of the molecule is CN(C1CC1)C(C(=O)O)c1ccc(Br)s1. The van der Waals surface area contributed by atoms with E-state index in [0.29, 0.717) is 6.04 Å². The van der Waals surface area contributed by atoms with Gasteiger partial charge in [-0.25, -0.2) is 0 Å². The minimum atomic E-state index is -0.765. The molecule has 1 aliphatic rings. The molecule has 1 heterocycles. The summed E-state index contributed by atoms with van der Waals surface area (Å²) in [6, 6.07) is 3.74. The Kier molecular flexibility index (Phi) is 3.13. The summed E-state index contributed by atoms with van der Waals surface area (Å²) in [4.78, 5) is 14.1. The molecule has 1 unspecified atom stereocenters. The molecule has 1 atom stereocenters. The fraction of sp³-hybridized carbons (Fsp3) is 0.500. The van der Waals surface area contributed by atoms with Crippen molar-refractivity contribution in [2.45, 2.75) is 24.9 Å². The third kappa shape index (κ3) is 2.41. The highest BCUT2D eigenvalue weighted by atomic mass is 79.9. The van der Waals surface area contributed by atoms with Crippen molar-refractivity contribution in [3.8, 4) is 0 Å². The number of thiophene rings is 1. The maximum absolute atomic E-state index is 11.2. The number of carboxylic acids is 1. The molecule has 0 amide bonds. The van der Waals surface area contributed by atoms with Crippen molar-refractivity contribution in [3.63, 3.8) is 0 Å². The summed E-state index contributed by atoms with van der Waals surface area (Å²) in [7, 11) is 1.89. The predicted octanol–water partition coefficient (Wildman–Crippen LogP) is 2.73. The van der Waals surface area contributed by atoms with Gasteiger partial charge in [-0.1, -0.05) is 0 Å². The lowest BCUT2D eigenvalue weighted by Gasteiger charge is -2.23. The van der Waals surface area contributed by atoms with E-state index >= 15 is 0 Å². The molecule has 15 heavy (non-hydrogen) atoms. The maximum Gasteiger partial charge on any atom is 0.326 e. The van der Waals surface area contributed by atoms with Crippen molar-refractivity contribution in [3.05, 3.63) is 20.8 Å². The minimum Gasteiger partial charge on any atom is -0.480 e. The number of hydrogen-bond donors (Lipinski definition) is 1. The van der Waals surface area contributed by atoms with E-state index in [2.05, 4.69) is 15.9 Å². The molecule has 0 aromatic carbocycles. The predicted molar refractivity (Wildman–Crippen MR) is 63.2 cm³/mol. The summed E-state index contributed by atoms with van der Waals surface area (Å²) in [5, 5.41) is 9.23. The number of carboxylic acid groups (broad SMARTS) is 1. The van der Waals surface area contributed by atoms with Crippen LogP contribution in [0.3, 0.4) is 0 Å². The van der Waals surface area contributed by atoms with Gasteiger partial charge in [-0.2, -0.15) is 0 Å². The summed E-state index contributed by atoms with van der Waals surface area (Å²) in [6.45, 7) is 0. The van der Waals surface area contributed by atoms with Crippen molar-refractivity contribution in [1.82, 2.24) is 4.90 Å². The van der Waals surface area contributed by atoms with Crippen LogP contribution in [-0.4, -0.2) is 29.1 Å². The minimum absolute atomic E-state index is 0.451. The number of likely N-dealkylation sites (N-methyl/N-ethyl adjacent to an activating group) is 1. The standard InChI is InChI=1S/C10H12BrNO2S/c1-12(6-2-3-6)9(10(13)14)7-4-5-8(11)15-7/h4-6,9H,2-3H2,1H3,(H,13,14). The Morgan fingerprint density at radius 3 is 2.73 bits per heavy atom. The molecule has 5 heteroatoms. The summed E-state index contributed by atoms with van der Waals surface area (Å²) >= 11 is 4.85. The Balaban J connectivity index is 2.22. The van der Waals surface area contributed by atoms with E-state index in [-0.39, 0.29) is 0 Å². The van der Waals surface area contributed by atoms with E-state index in [9.17, 15) is 9.90 Å². The van der Waals surface area contributed by atoms with Gasteiger partial charge in [0.1, 0.15) is 6.04 Å². The first-order valence-electron chi connectivity index (χ1n) is 4.79. The molecule has 0 radical (unpaired) electrons. The summed E-state index contributed by atoms with van der Waals surface area (Å²) in [5.74, 6) is -0.765. The van der Waals surface area contributed by atoms with Gasteiger partial charge in [-0.15, -0.1) is 11.3 Å². The van der Waals surface area contributed by atoms with Crippen LogP contribution in [0, 0.1) is 0 Å². The van der Waals surface area contributed by atoms with Gasteiger partial charge in [0.25, 0.3) is 0 Å². The van der Waals surface area contributed by atoms with Crippen LogP contribution in [0.15, 0.2) is 15.9 Å². The normalized spacial score (nSPS) is 18.1. The second-order valence-electron chi connectivity index (χ2n) is 3.78. The molecule has 1 saturated carbocycles. The maximum atomic E-state index is 11.2. The van der Waals surface area contributed by atoms with Crippen molar-refractivity contribution in [2.24, 2.45) is 0 Å². The molecule has 0 bridgehead atoms. The van der Waals surface area contributed by atoms with Gasteiger partial charge in [-0.3, -0.25) is 9.69 Å². The molecule has 1 fully saturated rings. The number of halogens is 1. The quantitative estimate of drug-likeness (QED) is 0.927. The topological polar surface area (TPSA) is 40.5 Å². The Bertz CT molecular complexity index is 375. The molecule has 0 saturated heterocycles. The first-order chi connectivity index (χ1) is 7.09. The van der Waals surface area contributed by atoms with Crippen LogP contribution in [0.25, 0.3) is 0 Å². The molecule has 1 aromatic rings. The second-order valence-corrected chi connectivity index (χ2v) is 6.27. The van der Waals surface area contributed by atoms with E-state index in [0.717, 1.165) is 21.5 Å². The molecular formula is C10H12BrNO2S. The fourth-order valence-corrected chi connectivity index (χ4v) is 3.23. The van der Waals surface area contributed by atoms with Crippen LogP contribution in [0.5, 0.6) is 0 Å². The summed E-state index contributed by atoms with van der Waals surface area (Å²) < 4.78 is 0.980. The van der Waals surface area contributed by atoms with Crippen molar-refractivity contribution in [1.29, 1.82) is 0 Å². The average Bonchev–Trinajstić information content (AvgIpc) is 2.91. The lowest BCUT2D eigenvalue weighted by Crippen LogP contribution is -2.31. The fourth-order valence-electron chi connectivity index (χ4n) is 1.66. The number of rotatable bonds is 4. The molecule has 1 aromatic heterocycles. The van der Waals surface area contributed by atoms with E-state index in [1.807, 2.05) is 24.1 Å². The van der Waals surface area contributed by atoms with Crippen molar-refractivity contribution >= 4 is 33.2 Å². The molecule has 2 rings (SSSR count). The first-order valence-corrected chi connectivity index (χ1v) is 6.40. The monoisotopic (exact) mass is 289 g/mol. The Labute approximate surface area is 101 Å². The van der Waals surface area contributed by atoms with Crippen LogP contribution in [0.2, 0.25) is 0 Å². The van der Waals surface area contributed by atoms with E-state index in [1.54, 1.807) is 0 Å². The van der Waals surface area contributed by atoms with Crippen molar-refractivity contribution in [2.75, 3.05) is 7.05 Å². The van der Waals surface area contributed by atoms with Gasteiger partial charge in [0, 0.05) is 10.9 Å². The lowest BCUT2D eigenvalue weighted by molar-refractivity contribution is -0.143. The molecule has 1 N–H and O–H groups in total. The van der Waals surface area contributed by atoms with Crippen LogP contribution in [-0.2, 0) is 4.79 Å². The second kappa shape index (κ2) is 4.23. The Morgan fingerprint density at radius 1 is 1.67 bits per heavy atom. The highest BCUT2D eigenvalue weighted by Crippen LogP contribution is 2.36.